The molecule has 0 aliphatic rings. The molecule has 1 rings (SSSR count). The van der Waals surface area contributed by atoms with E-state index in [0.717, 1.165) is 18.4 Å². The maximum atomic E-state index is 11.9. The van der Waals surface area contributed by atoms with Crippen LogP contribution in [0.4, 0.5) is 0 Å². The lowest BCUT2D eigenvalue weighted by atomic mass is 10.1. The molecule has 0 aliphatic carbocycles. The van der Waals surface area contributed by atoms with Crippen LogP contribution in [0.15, 0.2) is 30.3 Å². The van der Waals surface area contributed by atoms with Crippen LogP contribution >= 0.6 is 0 Å². The average Bonchev–Trinajstić information content (AvgIpc) is 2.47. The van der Waals surface area contributed by atoms with Gasteiger partial charge >= 0.3 is 5.97 Å². The Morgan fingerprint density at radius 1 is 1.29 bits per heavy atom. The highest BCUT2D eigenvalue weighted by Gasteiger charge is 2.23. The number of amides is 1. The van der Waals surface area contributed by atoms with E-state index >= 15 is 0 Å². The Hall–Kier alpha value is -1.88. The molecule has 0 spiro atoms. The second-order valence-corrected chi connectivity index (χ2v) is 4.96. The normalized spacial score (nSPS) is 13.4. The number of hydrogen-bond acceptors (Lipinski definition) is 3. The third-order valence-electron chi connectivity index (χ3n) is 3.13. The Morgan fingerprint density at radius 3 is 2.52 bits per heavy atom. The van der Waals surface area contributed by atoms with Crippen LogP contribution in [0.2, 0.25) is 0 Å². The van der Waals surface area contributed by atoms with Crippen molar-refractivity contribution in [2.45, 2.75) is 45.3 Å². The van der Waals surface area contributed by atoms with Gasteiger partial charge in [-0.15, -0.1) is 0 Å². The van der Waals surface area contributed by atoms with Crippen molar-refractivity contribution in [2.24, 2.45) is 0 Å². The molecule has 0 fully saturated rings. The molecule has 0 radical (unpaired) electrons. The van der Waals surface area contributed by atoms with Crippen molar-refractivity contribution in [3.05, 3.63) is 35.9 Å². The van der Waals surface area contributed by atoms with Gasteiger partial charge in [-0.05, 0) is 18.9 Å². The van der Waals surface area contributed by atoms with Crippen LogP contribution in [0.5, 0.6) is 0 Å². The molecule has 2 atom stereocenters. The van der Waals surface area contributed by atoms with Gasteiger partial charge in [-0.2, -0.15) is 0 Å². The summed E-state index contributed by atoms with van der Waals surface area (Å²) in [6, 6.07) is 8.27. The van der Waals surface area contributed by atoms with Gasteiger partial charge in [-0.25, -0.2) is 4.79 Å². The zero-order valence-corrected chi connectivity index (χ0v) is 12.5. The van der Waals surface area contributed by atoms with Gasteiger partial charge in [0, 0.05) is 13.0 Å². The first-order valence-corrected chi connectivity index (χ1v) is 7.23. The van der Waals surface area contributed by atoms with E-state index in [4.69, 9.17) is 4.74 Å². The number of rotatable bonds is 9. The second-order valence-electron chi connectivity index (χ2n) is 4.96. The summed E-state index contributed by atoms with van der Waals surface area (Å²) in [5.74, 6) is -1.44. The lowest BCUT2D eigenvalue weighted by Gasteiger charge is -2.18. The van der Waals surface area contributed by atoms with Crippen LogP contribution in [0.25, 0.3) is 0 Å². The van der Waals surface area contributed by atoms with E-state index in [2.05, 4.69) is 5.32 Å². The van der Waals surface area contributed by atoms with Crippen molar-refractivity contribution in [3.63, 3.8) is 0 Å². The highest BCUT2D eigenvalue weighted by Crippen LogP contribution is 2.04. The zero-order chi connectivity index (χ0) is 15.7. The Balaban J connectivity index is 2.54. The van der Waals surface area contributed by atoms with Gasteiger partial charge in [0.1, 0.15) is 12.1 Å². The molecule has 1 unspecified atom stereocenters. The van der Waals surface area contributed by atoms with Gasteiger partial charge in [0.25, 0.3) is 0 Å². The van der Waals surface area contributed by atoms with E-state index in [1.807, 2.05) is 37.3 Å². The zero-order valence-electron chi connectivity index (χ0n) is 12.5. The monoisotopic (exact) mass is 293 g/mol. The predicted octanol–water partition coefficient (Wildman–Crippen LogP) is 2.00. The van der Waals surface area contributed by atoms with Gasteiger partial charge in [0.05, 0.1) is 0 Å². The fourth-order valence-corrected chi connectivity index (χ4v) is 1.82. The topological polar surface area (TPSA) is 75.6 Å². The largest absolute Gasteiger partial charge is 0.480 e. The molecule has 0 aliphatic heterocycles. The van der Waals surface area contributed by atoms with Crippen LogP contribution in [0, 0.1) is 0 Å². The summed E-state index contributed by atoms with van der Waals surface area (Å²) >= 11 is 0. The molecular weight excluding hydrogens is 270 g/mol. The van der Waals surface area contributed by atoms with E-state index in [1.165, 1.54) is 0 Å². The minimum Gasteiger partial charge on any atom is -0.480 e. The highest BCUT2D eigenvalue weighted by atomic mass is 16.5. The number of ether oxygens (including phenoxy) is 1. The summed E-state index contributed by atoms with van der Waals surface area (Å²) in [7, 11) is 0. The van der Waals surface area contributed by atoms with E-state index in [9.17, 15) is 14.7 Å². The summed E-state index contributed by atoms with van der Waals surface area (Å²) in [6.07, 6.45) is 1.47. The van der Waals surface area contributed by atoms with Crippen LogP contribution in [-0.4, -0.2) is 35.7 Å². The van der Waals surface area contributed by atoms with E-state index in [-0.39, 0.29) is 6.42 Å². The molecule has 0 aromatic heterocycles. The highest BCUT2D eigenvalue weighted by molar-refractivity contribution is 5.86. The van der Waals surface area contributed by atoms with Crippen molar-refractivity contribution in [3.8, 4) is 0 Å². The minimum atomic E-state index is -1.05. The molecule has 21 heavy (non-hydrogen) atoms. The Kier molecular flexibility index (Phi) is 7.46. The number of hydrogen-bond donors (Lipinski definition) is 2. The number of carboxylic acids is 1. The number of carbonyl (C=O) groups excluding carboxylic acids is 1. The number of carboxylic acid groups (broad SMARTS) is 1. The van der Waals surface area contributed by atoms with Crippen LogP contribution in [0.1, 0.15) is 32.3 Å². The van der Waals surface area contributed by atoms with Crippen LogP contribution < -0.4 is 5.32 Å². The fourth-order valence-electron chi connectivity index (χ4n) is 1.82. The molecule has 1 aromatic carbocycles. The number of benzene rings is 1. The van der Waals surface area contributed by atoms with Crippen molar-refractivity contribution in [2.75, 3.05) is 6.61 Å². The van der Waals surface area contributed by atoms with E-state index < -0.39 is 24.0 Å². The lowest BCUT2D eigenvalue weighted by molar-refractivity contribution is -0.144. The Morgan fingerprint density at radius 2 is 1.95 bits per heavy atom. The van der Waals surface area contributed by atoms with Gasteiger partial charge in [0.15, 0.2) is 0 Å². The number of carbonyl (C=O) groups is 2. The summed E-state index contributed by atoms with van der Waals surface area (Å²) in [5.41, 5.74) is 0.866. The standard InChI is InChI=1S/C16H23NO4/c1-3-4-10-21-12(2)15(18)17-14(16(19)20)11-13-8-6-5-7-9-13/h5-9,12,14H,3-4,10-11H2,1-2H3,(H,17,18)(H,19,20)/t12?,14-/m0/s1. The van der Waals surface area contributed by atoms with Gasteiger partial charge in [-0.3, -0.25) is 4.79 Å². The summed E-state index contributed by atoms with van der Waals surface area (Å²) in [6.45, 7) is 4.17. The maximum absolute atomic E-state index is 11.9. The molecule has 1 aromatic rings. The first-order valence-electron chi connectivity index (χ1n) is 7.23. The third-order valence-corrected chi connectivity index (χ3v) is 3.13. The molecule has 1 amide bonds. The first kappa shape index (κ1) is 17.2. The molecule has 2 N–H and O–H groups in total. The van der Waals surface area contributed by atoms with Crippen LogP contribution in [-0.2, 0) is 20.7 Å². The van der Waals surface area contributed by atoms with Crippen molar-refractivity contribution in [1.82, 2.24) is 5.32 Å². The van der Waals surface area contributed by atoms with E-state index in [1.54, 1.807) is 6.92 Å². The Labute approximate surface area is 125 Å². The second kappa shape index (κ2) is 9.13. The smallest absolute Gasteiger partial charge is 0.326 e. The van der Waals surface area contributed by atoms with Crippen LogP contribution in [0.3, 0.4) is 0 Å². The minimum absolute atomic E-state index is 0.254. The van der Waals surface area contributed by atoms with Gasteiger partial charge in [-0.1, -0.05) is 43.7 Å². The maximum Gasteiger partial charge on any atom is 0.326 e. The quantitative estimate of drug-likeness (QED) is 0.683. The molecule has 116 valence electrons. The fraction of sp³-hybridized carbons (Fsp3) is 0.500. The lowest BCUT2D eigenvalue weighted by Crippen LogP contribution is -2.46. The number of unbranched alkanes of at least 4 members (excludes halogenated alkanes) is 1. The summed E-state index contributed by atoms with van der Waals surface area (Å²) < 4.78 is 5.37. The molecule has 0 bridgehead atoms. The third kappa shape index (κ3) is 6.40. The molecule has 5 heteroatoms. The first-order chi connectivity index (χ1) is 10.0. The van der Waals surface area contributed by atoms with Gasteiger partial charge in [0.2, 0.25) is 5.91 Å². The molecule has 5 nitrogen and oxygen atoms in total. The summed E-state index contributed by atoms with van der Waals surface area (Å²) in [4.78, 5) is 23.2. The summed E-state index contributed by atoms with van der Waals surface area (Å²) in [5, 5.41) is 11.8. The predicted molar refractivity (Wildman–Crippen MR) is 80.0 cm³/mol. The van der Waals surface area contributed by atoms with Crippen molar-refractivity contribution in [1.29, 1.82) is 0 Å². The SMILES string of the molecule is CCCCOC(C)C(=O)N[C@@H](Cc1ccccc1)C(=O)O. The average molecular weight is 293 g/mol. The Bertz CT molecular complexity index is 447. The van der Waals surface area contributed by atoms with E-state index in [0.29, 0.717) is 6.61 Å². The van der Waals surface area contributed by atoms with Gasteiger partial charge < -0.3 is 15.2 Å². The molecule has 0 heterocycles. The molecular formula is C16H23NO4. The van der Waals surface area contributed by atoms with Crippen molar-refractivity contribution < 1.29 is 19.4 Å². The molecule has 0 saturated heterocycles. The van der Waals surface area contributed by atoms with Crippen molar-refractivity contribution >= 4 is 11.9 Å². The number of aliphatic carboxylic acids is 1. The number of nitrogens with one attached hydrogen (secondary N) is 1. The molecule has 0 saturated carbocycles.